The van der Waals surface area contributed by atoms with Crippen LogP contribution in [0, 0.1) is 6.92 Å². The molecule has 0 aliphatic carbocycles. The van der Waals surface area contributed by atoms with Crippen molar-refractivity contribution in [1.82, 2.24) is 5.32 Å². The molecule has 1 rings (SSSR count). The third kappa shape index (κ3) is 5.61. The normalized spacial score (nSPS) is 11.2. The maximum atomic E-state index is 11.7. The number of amides is 1. The first-order chi connectivity index (χ1) is 9.49. The van der Waals surface area contributed by atoms with Gasteiger partial charge in [0.2, 0.25) is 5.91 Å². The fourth-order valence-corrected chi connectivity index (χ4v) is 1.75. The largest absolute Gasteiger partial charge is 0.493 e. The first kappa shape index (κ1) is 16.5. The molecule has 0 aromatic heterocycles. The maximum absolute atomic E-state index is 11.7. The zero-order chi connectivity index (χ0) is 15.0. The van der Waals surface area contributed by atoms with Gasteiger partial charge in [-0.3, -0.25) is 4.79 Å². The number of benzene rings is 1. The molecular formula is C16H25NO3. The first-order valence-corrected chi connectivity index (χ1v) is 7.17. The quantitative estimate of drug-likeness (QED) is 0.768. The van der Waals surface area contributed by atoms with E-state index in [1.165, 1.54) is 5.56 Å². The molecule has 1 amide bonds. The van der Waals surface area contributed by atoms with Gasteiger partial charge in [-0.2, -0.15) is 0 Å². The number of hydrogen-bond donors (Lipinski definition) is 2. The minimum absolute atomic E-state index is 0.0996. The van der Waals surface area contributed by atoms with Gasteiger partial charge < -0.3 is 15.2 Å². The van der Waals surface area contributed by atoms with Crippen LogP contribution in [0.3, 0.4) is 0 Å². The molecule has 0 bridgehead atoms. The Bertz CT molecular complexity index is 410. The van der Waals surface area contributed by atoms with Crippen molar-refractivity contribution in [2.75, 3.05) is 13.2 Å². The Morgan fingerprint density at radius 3 is 2.40 bits per heavy atom. The monoisotopic (exact) mass is 279 g/mol. The number of hydrogen-bond acceptors (Lipinski definition) is 3. The zero-order valence-corrected chi connectivity index (χ0v) is 12.6. The summed E-state index contributed by atoms with van der Waals surface area (Å²) < 4.78 is 5.49. The molecular weight excluding hydrogens is 254 g/mol. The highest BCUT2D eigenvalue weighted by atomic mass is 16.5. The second kappa shape index (κ2) is 7.90. The summed E-state index contributed by atoms with van der Waals surface area (Å²) in [6, 6.07) is 7.72. The predicted molar refractivity (Wildman–Crippen MR) is 79.8 cm³/mol. The maximum Gasteiger partial charge on any atom is 0.223 e. The molecule has 0 atom stereocenters. The minimum Gasteiger partial charge on any atom is -0.493 e. The second-order valence-corrected chi connectivity index (χ2v) is 5.12. The van der Waals surface area contributed by atoms with Gasteiger partial charge in [-0.15, -0.1) is 0 Å². The van der Waals surface area contributed by atoms with Crippen molar-refractivity contribution in [2.24, 2.45) is 0 Å². The summed E-state index contributed by atoms with van der Waals surface area (Å²) in [5, 5.41) is 12.8. The molecule has 20 heavy (non-hydrogen) atoms. The summed E-state index contributed by atoms with van der Waals surface area (Å²) >= 11 is 0. The molecule has 0 saturated carbocycles. The van der Waals surface area contributed by atoms with Crippen molar-refractivity contribution in [2.45, 2.75) is 45.6 Å². The number of ether oxygens (including phenoxy) is 1. The number of rotatable bonds is 8. The van der Waals surface area contributed by atoms with Gasteiger partial charge in [-0.25, -0.2) is 0 Å². The lowest BCUT2D eigenvalue weighted by molar-refractivity contribution is -0.122. The van der Waals surface area contributed by atoms with Gasteiger partial charge >= 0.3 is 0 Å². The zero-order valence-electron chi connectivity index (χ0n) is 12.6. The van der Waals surface area contributed by atoms with Gasteiger partial charge in [0.15, 0.2) is 0 Å². The van der Waals surface area contributed by atoms with Crippen LogP contribution >= 0.6 is 0 Å². The lowest BCUT2D eigenvalue weighted by Gasteiger charge is -2.25. The Labute approximate surface area is 121 Å². The molecule has 4 nitrogen and oxygen atoms in total. The Hall–Kier alpha value is -1.55. The molecule has 0 unspecified atom stereocenters. The lowest BCUT2D eigenvalue weighted by atomic mass is 9.97. The number of aliphatic hydroxyl groups is 1. The smallest absolute Gasteiger partial charge is 0.223 e. The number of carbonyl (C=O) groups excluding carboxylic acids is 1. The molecule has 1 aromatic carbocycles. The van der Waals surface area contributed by atoms with E-state index in [4.69, 9.17) is 4.74 Å². The summed E-state index contributed by atoms with van der Waals surface area (Å²) in [6.07, 6.45) is 1.55. The molecule has 4 heteroatoms. The Morgan fingerprint density at radius 1 is 1.25 bits per heavy atom. The van der Waals surface area contributed by atoms with Crippen molar-refractivity contribution >= 4 is 5.91 Å². The van der Waals surface area contributed by atoms with E-state index >= 15 is 0 Å². The summed E-state index contributed by atoms with van der Waals surface area (Å²) in [4.78, 5) is 11.7. The van der Waals surface area contributed by atoms with E-state index in [0.717, 1.165) is 5.75 Å². The molecule has 0 saturated heterocycles. The predicted octanol–water partition coefficient (Wildman–Crippen LogP) is 2.43. The van der Waals surface area contributed by atoms with Crippen LogP contribution in [0.15, 0.2) is 24.3 Å². The van der Waals surface area contributed by atoms with Gasteiger partial charge in [-0.1, -0.05) is 31.5 Å². The second-order valence-electron chi connectivity index (χ2n) is 5.12. The van der Waals surface area contributed by atoms with Crippen LogP contribution in [0.2, 0.25) is 0 Å². The minimum atomic E-state index is -0.798. The third-order valence-electron chi connectivity index (χ3n) is 3.55. The average Bonchev–Trinajstić information content (AvgIpc) is 2.47. The topological polar surface area (TPSA) is 58.6 Å². The summed E-state index contributed by atoms with van der Waals surface area (Å²) in [5.41, 5.74) is 0.376. The Morgan fingerprint density at radius 2 is 1.85 bits per heavy atom. The van der Waals surface area contributed by atoms with Crippen LogP contribution in [0.25, 0.3) is 0 Å². The van der Waals surface area contributed by atoms with E-state index in [0.29, 0.717) is 26.0 Å². The van der Waals surface area contributed by atoms with Crippen LogP contribution < -0.4 is 10.1 Å². The van der Waals surface area contributed by atoms with E-state index in [1.807, 2.05) is 45.0 Å². The van der Waals surface area contributed by atoms with Gasteiger partial charge in [0, 0.05) is 6.54 Å². The number of aryl methyl sites for hydroxylation is 1. The number of carbonyl (C=O) groups is 1. The van der Waals surface area contributed by atoms with E-state index in [9.17, 15) is 9.90 Å². The van der Waals surface area contributed by atoms with Gasteiger partial charge in [0.25, 0.3) is 0 Å². The molecule has 0 radical (unpaired) electrons. The van der Waals surface area contributed by atoms with E-state index in [1.54, 1.807) is 0 Å². The van der Waals surface area contributed by atoms with Crippen LogP contribution in [0.4, 0.5) is 0 Å². The number of nitrogens with one attached hydrogen (secondary N) is 1. The average molecular weight is 279 g/mol. The molecule has 0 heterocycles. The highest BCUT2D eigenvalue weighted by Gasteiger charge is 2.22. The molecule has 2 N–H and O–H groups in total. The SMILES string of the molecule is CCC(O)(CC)CNC(=O)CCOc1ccc(C)cc1. The molecule has 0 aliphatic heterocycles. The molecule has 0 spiro atoms. The fourth-order valence-electron chi connectivity index (χ4n) is 1.75. The molecule has 1 aromatic rings. The van der Waals surface area contributed by atoms with Gasteiger partial charge in [-0.05, 0) is 31.9 Å². The van der Waals surface area contributed by atoms with E-state index < -0.39 is 5.60 Å². The Kier molecular flexibility index (Phi) is 6.52. The van der Waals surface area contributed by atoms with Crippen LogP contribution in [0.1, 0.15) is 38.7 Å². The van der Waals surface area contributed by atoms with E-state index in [2.05, 4.69) is 5.32 Å². The molecule has 0 fully saturated rings. The van der Waals surface area contributed by atoms with Crippen molar-refractivity contribution in [1.29, 1.82) is 0 Å². The third-order valence-corrected chi connectivity index (χ3v) is 3.55. The fraction of sp³-hybridized carbons (Fsp3) is 0.562. The standard InChI is InChI=1S/C16H25NO3/c1-4-16(19,5-2)12-17-15(18)10-11-20-14-8-6-13(3)7-9-14/h6-9,19H,4-5,10-12H2,1-3H3,(H,17,18). The lowest BCUT2D eigenvalue weighted by Crippen LogP contribution is -2.42. The molecule has 0 aliphatic rings. The highest BCUT2D eigenvalue weighted by molar-refractivity contribution is 5.76. The highest BCUT2D eigenvalue weighted by Crippen LogP contribution is 2.13. The van der Waals surface area contributed by atoms with Crippen molar-refractivity contribution in [3.05, 3.63) is 29.8 Å². The van der Waals surface area contributed by atoms with Crippen molar-refractivity contribution in [3.63, 3.8) is 0 Å². The van der Waals surface area contributed by atoms with Crippen LogP contribution in [-0.4, -0.2) is 29.8 Å². The van der Waals surface area contributed by atoms with E-state index in [-0.39, 0.29) is 12.3 Å². The van der Waals surface area contributed by atoms with Crippen molar-refractivity contribution in [3.8, 4) is 5.75 Å². The van der Waals surface area contributed by atoms with Crippen molar-refractivity contribution < 1.29 is 14.6 Å². The summed E-state index contributed by atoms with van der Waals surface area (Å²) in [6.45, 7) is 6.47. The van der Waals surface area contributed by atoms with Gasteiger partial charge in [0.1, 0.15) is 5.75 Å². The van der Waals surface area contributed by atoms with Gasteiger partial charge in [0.05, 0.1) is 18.6 Å². The first-order valence-electron chi connectivity index (χ1n) is 7.17. The summed E-state index contributed by atoms with van der Waals surface area (Å²) in [7, 11) is 0. The van der Waals surface area contributed by atoms with Crippen LogP contribution in [0.5, 0.6) is 5.75 Å². The van der Waals surface area contributed by atoms with Crippen LogP contribution in [-0.2, 0) is 4.79 Å². The summed E-state index contributed by atoms with van der Waals surface area (Å²) in [5.74, 6) is 0.666. The Balaban J connectivity index is 2.25. The molecule has 112 valence electrons.